The van der Waals surface area contributed by atoms with E-state index in [1.165, 1.54) is 0 Å². The Morgan fingerprint density at radius 2 is 1.87 bits per heavy atom. The number of anilines is 1. The number of aryl methyl sites for hydroxylation is 1. The summed E-state index contributed by atoms with van der Waals surface area (Å²) in [6, 6.07) is 2.00. The Hall–Kier alpha value is -2.61. The van der Waals surface area contributed by atoms with Gasteiger partial charge in [-0.3, -0.25) is 0 Å². The summed E-state index contributed by atoms with van der Waals surface area (Å²) in [5, 5.41) is 3.28. The van der Waals surface area contributed by atoms with Crippen molar-refractivity contribution in [1.82, 2.24) is 15.0 Å². The molecule has 0 aromatic carbocycles. The molecular formula is C18H22N4O. The SMILES string of the molecule is C#Cc1cc(Oc2cnc(C)nc2NC(C)C)c(C(C)C)cn1. The van der Waals surface area contributed by atoms with Crippen molar-refractivity contribution in [3.8, 4) is 23.8 Å². The van der Waals surface area contributed by atoms with E-state index >= 15 is 0 Å². The number of nitrogens with zero attached hydrogens (tertiary/aromatic N) is 3. The van der Waals surface area contributed by atoms with E-state index in [1.54, 1.807) is 18.5 Å². The second kappa shape index (κ2) is 7.10. The average molecular weight is 310 g/mol. The zero-order chi connectivity index (χ0) is 17.0. The van der Waals surface area contributed by atoms with Crippen molar-refractivity contribution in [3.63, 3.8) is 0 Å². The van der Waals surface area contributed by atoms with E-state index in [4.69, 9.17) is 11.2 Å². The third kappa shape index (κ3) is 4.19. The summed E-state index contributed by atoms with van der Waals surface area (Å²) >= 11 is 0. The minimum atomic E-state index is 0.231. The van der Waals surface area contributed by atoms with Crippen LogP contribution in [-0.4, -0.2) is 21.0 Å². The number of rotatable bonds is 5. The maximum absolute atomic E-state index is 6.08. The number of terminal acetylenes is 1. The highest BCUT2D eigenvalue weighted by molar-refractivity contribution is 5.52. The molecule has 120 valence electrons. The van der Waals surface area contributed by atoms with Gasteiger partial charge in [0.1, 0.15) is 17.3 Å². The molecule has 1 N–H and O–H groups in total. The van der Waals surface area contributed by atoms with Crippen LogP contribution in [-0.2, 0) is 0 Å². The first-order chi connectivity index (χ1) is 10.9. The fraction of sp³-hybridized carbons (Fsp3) is 0.389. The molecule has 0 fully saturated rings. The summed E-state index contributed by atoms with van der Waals surface area (Å²) < 4.78 is 6.08. The molecule has 0 amide bonds. The van der Waals surface area contributed by atoms with Crippen molar-refractivity contribution in [2.45, 2.75) is 46.6 Å². The standard InChI is InChI=1S/C18H22N4O/c1-7-14-8-16(15(9-20-14)11(2)3)23-17-10-19-13(6)22-18(17)21-12(4)5/h1,8-12H,2-6H3,(H,19,21,22). The molecule has 2 heterocycles. The van der Waals surface area contributed by atoms with Gasteiger partial charge in [-0.25, -0.2) is 15.0 Å². The normalized spacial score (nSPS) is 10.7. The summed E-state index contributed by atoms with van der Waals surface area (Å²) in [4.78, 5) is 12.9. The first-order valence-corrected chi connectivity index (χ1v) is 7.65. The molecule has 0 atom stereocenters. The Labute approximate surface area is 137 Å². The molecule has 0 radical (unpaired) electrons. The molecule has 5 heteroatoms. The number of aromatic nitrogens is 3. The second-order valence-corrected chi connectivity index (χ2v) is 5.94. The summed E-state index contributed by atoms with van der Waals surface area (Å²) in [7, 11) is 0. The van der Waals surface area contributed by atoms with Gasteiger partial charge in [0.05, 0.1) is 6.20 Å². The monoisotopic (exact) mass is 310 g/mol. The minimum Gasteiger partial charge on any atom is -0.451 e. The van der Waals surface area contributed by atoms with Gasteiger partial charge >= 0.3 is 0 Å². The predicted molar refractivity (Wildman–Crippen MR) is 91.9 cm³/mol. The Bertz CT molecular complexity index is 732. The zero-order valence-corrected chi connectivity index (χ0v) is 14.2. The molecule has 0 spiro atoms. The van der Waals surface area contributed by atoms with Crippen LogP contribution in [0.15, 0.2) is 18.5 Å². The molecule has 2 aromatic rings. The molecule has 23 heavy (non-hydrogen) atoms. The van der Waals surface area contributed by atoms with Crippen molar-refractivity contribution in [1.29, 1.82) is 0 Å². The fourth-order valence-electron chi connectivity index (χ4n) is 2.08. The largest absolute Gasteiger partial charge is 0.451 e. The van der Waals surface area contributed by atoms with Crippen LogP contribution in [0.5, 0.6) is 11.5 Å². The first-order valence-electron chi connectivity index (χ1n) is 7.65. The van der Waals surface area contributed by atoms with E-state index in [-0.39, 0.29) is 12.0 Å². The van der Waals surface area contributed by atoms with Crippen LogP contribution in [0.2, 0.25) is 0 Å². The van der Waals surface area contributed by atoms with Gasteiger partial charge in [-0.05, 0) is 26.7 Å². The number of pyridine rings is 1. The summed E-state index contributed by atoms with van der Waals surface area (Å²) in [6.07, 6.45) is 8.89. The number of ether oxygens (including phenoxy) is 1. The van der Waals surface area contributed by atoms with Crippen LogP contribution in [0.1, 0.15) is 50.7 Å². The van der Waals surface area contributed by atoms with Crippen molar-refractivity contribution in [2.24, 2.45) is 0 Å². The molecule has 2 aromatic heterocycles. The lowest BCUT2D eigenvalue weighted by Gasteiger charge is -2.17. The van der Waals surface area contributed by atoms with E-state index < -0.39 is 0 Å². The van der Waals surface area contributed by atoms with Gasteiger partial charge in [0, 0.05) is 23.9 Å². The van der Waals surface area contributed by atoms with E-state index in [1.807, 2.05) is 20.8 Å². The third-order valence-corrected chi connectivity index (χ3v) is 3.19. The Morgan fingerprint density at radius 1 is 1.13 bits per heavy atom. The van der Waals surface area contributed by atoms with E-state index in [2.05, 4.69) is 40.0 Å². The smallest absolute Gasteiger partial charge is 0.187 e. The van der Waals surface area contributed by atoms with Gasteiger partial charge < -0.3 is 10.1 Å². The lowest BCUT2D eigenvalue weighted by Crippen LogP contribution is -2.13. The van der Waals surface area contributed by atoms with Crippen molar-refractivity contribution < 1.29 is 4.74 Å². The molecule has 0 saturated carbocycles. The maximum Gasteiger partial charge on any atom is 0.187 e. The van der Waals surface area contributed by atoms with Gasteiger partial charge in [0.15, 0.2) is 11.6 Å². The van der Waals surface area contributed by atoms with E-state index in [0.717, 1.165) is 5.56 Å². The van der Waals surface area contributed by atoms with Gasteiger partial charge in [-0.1, -0.05) is 19.8 Å². The van der Waals surface area contributed by atoms with Crippen LogP contribution < -0.4 is 10.1 Å². The fourth-order valence-corrected chi connectivity index (χ4v) is 2.08. The van der Waals surface area contributed by atoms with Crippen LogP contribution in [0, 0.1) is 19.3 Å². The summed E-state index contributed by atoms with van der Waals surface area (Å²) in [5.74, 6) is 5.40. The molecule has 0 saturated heterocycles. The molecule has 2 rings (SSSR count). The van der Waals surface area contributed by atoms with Crippen LogP contribution in [0.3, 0.4) is 0 Å². The van der Waals surface area contributed by atoms with E-state index in [9.17, 15) is 0 Å². The van der Waals surface area contributed by atoms with Crippen molar-refractivity contribution >= 4 is 5.82 Å². The number of nitrogens with one attached hydrogen (secondary N) is 1. The zero-order valence-electron chi connectivity index (χ0n) is 14.2. The molecule has 0 unspecified atom stereocenters. The lowest BCUT2D eigenvalue weighted by molar-refractivity contribution is 0.468. The van der Waals surface area contributed by atoms with Gasteiger partial charge in [-0.15, -0.1) is 6.42 Å². The van der Waals surface area contributed by atoms with Gasteiger partial charge in [0.25, 0.3) is 0 Å². The summed E-state index contributed by atoms with van der Waals surface area (Å²) in [5.41, 5.74) is 1.52. The van der Waals surface area contributed by atoms with Crippen molar-refractivity contribution in [2.75, 3.05) is 5.32 Å². The Morgan fingerprint density at radius 3 is 2.48 bits per heavy atom. The van der Waals surface area contributed by atoms with Crippen molar-refractivity contribution in [3.05, 3.63) is 35.5 Å². The maximum atomic E-state index is 6.08. The van der Waals surface area contributed by atoms with Gasteiger partial charge in [-0.2, -0.15) is 0 Å². The predicted octanol–water partition coefficient (Wildman–Crippen LogP) is 3.90. The number of hydrogen-bond donors (Lipinski definition) is 1. The van der Waals surface area contributed by atoms with E-state index in [0.29, 0.717) is 28.8 Å². The molecule has 0 aliphatic carbocycles. The topological polar surface area (TPSA) is 59.9 Å². The molecule has 0 aliphatic heterocycles. The Balaban J connectivity index is 2.44. The molecule has 5 nitrogen and oxygen atoms in total. The minimum absolute atomic E-state index is 0.231. The Kier molecular flexibility index (Phi) is 5.17. The number of hydrogen-bond acceptors (Lipinski definition) is 5. The third-order valence-electron chi connectivity index (χ3n) is 3.19. The van der Waals surface area contributed by atoms with Gasteiger partial charge in [0.2, 0.25) is 0 Å². The highest BCUT2D eigenvalue weighted by atomic mass is 16.5. The molecular weight excluding hydrogens is 288 g/mol. The summed E-state index contributed by atoms with van der Waals surface area (Å²) in [6.45, 7) is 10.1. The lowest BCUT2D eigenvalue weighted by atomic mass is 10.0. The molecule has 0 bridgehead atoms. The van der Waals surface area contributed by atoms with Crippen LogP contribution in [0.25, 0.3) is 0 Å². The highest BCUT2D eigenvalue weighted by Crippen LogP contribution is 2.33. The average Bonchev–Trinajstić information content (AvgIpc) is 2.49. The second-order valence-electron chi connectivity index (χ2n) is 5.94. The first kappa shape index (κ1) is 16.8. The van der Waals surface area contributed by atoms with Crippen LogP contribution in [0.4, 0.5) is 5.82 Å². The quantitative estimate of drug-likeness (QED) is 0.849. The molecule has 0 aliphatic rings. The van der Waals surface area contributed by atoms with Crippen LogP contribution >= 0.6 is 0 Å². The highest BCUT2D eigenvalue weighted by Gasteiger charge is 2.14.